The first-order valence-corrected chi connectivity index (χ1v) is 6.93. The van der Waals surface area contributed by atoms with Gasteiger partial charge in [-0.1, -0.05) is 5.92 Å². The lowest BCUT2D eigenvalue weighted by Crippen LogP contribution is -2.39. The van der Waals surface area contributed by atoms with Crippen molar-refractivity contribution in [1.82, 2.24) is 14.7 Å². The fourth-order valence-corrected chi connectivity index (χ4v) is 2.41. The summed E-state index contributed by atoms with van der Waals surface area (Å²) in [6, 6.07) is 1.84. The van der Waals surface area contributed by atoms with Crippen LogP contribution in [0.1, 0.15) is 29.0 Å². The van der Waals surface area contributed by atoms with Crippen molar-refractivity contribution >= 4 is 5.91 Å². The van der Waals surface area contributed by atoms with E-state index in [1.807, 2.05) is 24.9 Å². The van der Waals surface area contributed by atoms with E-state index in [9.17, 15) is 4.79 Å². The number of carbonyl (C=O) groups excluding carboxylic acids is 1. The molecule has 5 heteroatoms. The van der Waals surface area contributed by atoms with E-state index in [2.05, 4.69) is 11.0 Å². The number of aryl methyl sites for hydroxylation is 2. The summed E-state index contributed by atoms with van der Waals surface area (Å²) in [5.41, 5.74) is 1.53. The van der Waals surface area contributed by atoms with Crippen LogP contribution in [0.4, 0.5) is 0 Å². The Hall–Kier alpha value is -1.80. The van der Waals surface area contributed by atoms with Crippen LogP contribution in [0.5, 0.6) is 0 Å². The zero-order valence-electron chi connectivity index (χ0n) is 12.1. The number of hydrogen-bond acceptors (Lipinski definition) is 3. The third-order valence-electron chi connectivity index (χ3n) is 3.77. The van der Waals surface area contributed by atoms with Crippen LogP contribution in [-0.4, -0.2) is 46.9 Å². The summed E-state index contributed by atoms with van der Waals surface area (Å²) in [7, 11) is 1.85. The Morgan fingerprint density at radius 3 is 2.80 bits per heavy atom. The van der Waals surface area contributed by atoms with Gasteiger partial charge in [-0.25, -0.2) is 0 Å². The van der Waals surface area contributed by atoms with Crippen LogP contribution in [-0.2, 0) is 11.8 Å². The van der Waals surface area contributed by atoms with Crippen molar-refractivity contribution in [2.75, 3.05) is 26.3 Å². The van der Waals surface area contributed by atoms with Gasteiger partial charge in [0.25, 0.3) is 5.91 Å². The number of terminal acetylenes is 1. The van der Waals surface area contributed by atoms with E-state index in [-0.39, 0.29) is 5.91 Å². The van der Waals surface area contributed by atoms with Gasteiger partial charge in [0, 0.05) is 25.8 Å². The van der Waals surface area contributed by atoms with Crippen molar-refractivity contribution < 1.29 is 9.53 Å². The van der Waals surface area contributed by atoms with Crippen molar-refractivity contribution in [2.24, 2.45) is 13.0 Å². The van der Waals surface area contributed by atoms with E-state index in [0.717, 1.165) is 31.6 Å². The first kappa shape index (κ1) is 14.6. The third-order valence-corrected chi connectivity index (χ3v) is 3.77. The number of hydrogen-bond donors (Lipinski definition) is 0. The Balaban J connectivity index is 1.84. The lowest BCUT2D eigenvalue weighted by molar-refractivity contribution is 0.0576. The molecule has 1 amide bonds. The molecule has 1 aromatic heterocycles. The molecular formula is C15H21N3O2. The maximum absolute atomic E-state index is 12.3. The van der Waals surface area contributed by atoms with E-state index >= 15 is 0 Å². The highest BCUT2D eigenvalue weighted by molar-refractivity contribution is 5.92. The van der Waals surface area contributed by atoms with Gasteiger partial charge in [-0.05, 0) is 31.7 Å². The first-order chi connectivity index (χ1) is 9.61. The Kier molecular flexibility index (Phi) is 4.80. The van der Waals surface area contributed by atoms with Gasteiger partial charge in [0.2, 0.25) is 0 Å². The second kappa shape index (κ2) is 6.58. The Morgan fingerprint density at radius 1 is 1.55 bits per heavy atom. The highest BCUT2D eigenvalue weighted by Crippen LogP contribution is 2.19. The smallest absolute Gasteiger partial charge is 0.274 e. The summed E-state index contributed by atoms with van der Waals surface area (Å²) in [4.78, 5) is 14.2. The summed E-state index contributed by atoms with van der Waals surface area (Å²) in [6.45, 7) is 4.52. The molecule has 2 heterocycles. The predicted molar refractivity (Wildman–Crippen MR) is 76.2 cm³/mol. The second-order valence-corrected chi connectivity index (χ2v) is 5.25. The average molecular weight is 275 g/mol. The van der Waals surface area contributed by atoms with Crippen LogP contribution in [0.15, 0.2) is 6.07 Å². The molecule has 0 N–H and O–H groups in total. The lowest BCUT2D eigenvalue weighted by atomic mass is 9.97. The highest BCUT2D eigenvalue weighted by atomic mass is 16.5. The van der Waals surface area contributed by atoms with Gasteiger partial charge >= 0.3 is 0 Å². The molecular weight excluding hydrogens is 254 g/mol. The lowest BCUT2D eigenvalue weighted by Gasteiger charge is -2.31. The topological polar surface area (TPSA) is 47.4 Å². The molecule has 0 aromatic carbocycles. The minimum atomic E-state index is 0.0247. The number of piperidine rings is 1. The zero-order valence-corrected chi connectivity index (χ0v) is 12.1. The van der Waals surface area contributed by atoms with Gasteiger partial charge in [0.15, 0.2) is 5.69 Å². The van der Waals surface area contributed by atoms with E-state index in [4.69, 9.17) is 11.2 Å². The van der Waals surface area contributed by atoms with Crippen LogP contribution in [0.3, 0.4) is 0 Å². The largest absolute Gasteiger partial charge is 0.369 e. The normalized spacial score (nSPS) is 16.1. The van der Waals surface area contributed by atoms with Gasteiger partial charge < -0.3 is 9.64 Å². The van der Waals surface area contributed by atoms with Gasteiger partial charge in [-0.15, -0.1) is 6.42 Å². The number of aromatic nitrogens is 2. The molecule has 0 spiro atoms. The molecule has 0 saturated carbocycles. The summed E-state index contributed by atoms with van der Waals surface area (Å²) >= 11 is 0. The number of nitrogens with zero attached hydrogens (tertiary/aromatic N) is 3. The second-order valence-electron chi connectivity index (χ2n) is 5.25. The molecule has 0 aliphatic carbocycles. The Labute approximate surface area is 119 Å². The SMILES string of the molecule is C#CCOCC1CCN(C(=O)c2cc(C)n(C)n2)CC1. The molecule has 1 fully saturated rings. The zero-order chi connectivity index (χ0) is 14.5. The van der Waals surface area contributed by atoms with Gasteiger partial charge in [0.1, 0.15) is 6.61 Å². The molecule has 0 radical (unpaired) electrons. The molecule has 0 bridgehead atoms. The fraction of sp³-hybridized carbons (Fsp3) is 0.600. The summed E-state index contributed by atoms with van der Waals surface area (Å²) < 4.78 is 7.10. The van der Waals surface area contributed by atoms with Crippen LogP contribution in [0.25, 0.3) is 0 Å². The number of likely N-dealkylation sites (tertiary alicyclic amines) is 1. The maximum Gasteiger partial charge on any atom is 0.274 e. The molecule has 20 heavy (non-hydrogen) atoms. The monoisotopic (exact) mass is 275 g/mol. The summed E-state index contributed by atoms with van der Waals surface area (Å²) in [5.74, 6) is 2.99. The first-order valence-electron chi connectivity index (χ1n) is 6.93. The molecule has 0 atom stereocenters. The van der Waals surface area contributed by atoms with Gasteiger partial charge in [-0.2, -0.15) is 5.10 Å². The molecule has 1 aliphatic heterocycles. The Bertz CT molecular complexity index is 488. The van der Waals surface area contributed by atoms with Crippen molar-refractivity contribution in [3.05, 3.63) is 17.5 Å². The molecule has 5 nitrogen and oxygen atoms in total. The van der Waals surface area contributed by atoms with Crippen molar-refractivity contribution in [2.45, 2.75) is 19.8 Å². The number of rotatable bonds is 4. The van der Waals surface area contributed by atoms with Crippen LogP contribution < -0.4 is 0 Å². The van der Waals surface area contributed by atoms with E-state index < -0.39 is 0 Å². The van der Waals surface area contributed by atoms with Crippen molar-refractivity contribution in [3.8, 4) is 12.3 Å². The molecule has 1 aliphatic rings. The summed E-state index contributed by atoms with van der Waals surface area (Å²) in [5, 5.41) is 4.24. The minimum Gasteiger partial charge on any atom is -0.369 e. The van der Waals surface area contributed by atoms with E-state index in [1.54, 1.807) is 4.68 Å². The maximum atomic E-state index is 12.3. The van der Waals surface area contributed by atoms with Crippen molar-refractivity contribution in [1.29, 1.82) is 0 Å². The molecule has 108 valence electrons. The van der Waals surface area contributed by atoms with Crippen LogP contribution in [0, 0.1) is 25.2 Å². The van der Waals surface area contributed by atoms with E-state index in [0.29, 0.717) is 24.8 Å². The molecule has 1 saturated heterocycles. The fourth-order valence-electron chi connectivity index (χ4n) is 2.41. The summed E-state index contributed by atoms with van der Waals surface area (Å²) in [6.07, 6.45) is 7.07. The van der Waals surface area contributed by atoms with Gasteiger partial charge in [-0.3, -0.25) is 9.48 Å². The number of carbonyl (C=O) groups is 1. The van der Waals surface area contributed by atoms with Crippen LogP contribution in [0.2, 0.25) is 0 Å². The van der Waals surface area contributed by atoms with E-state index in [1.165, 1.54) is 0 Å². The molecule has 1 aromatic rings. The molecule has 0 unspecified atom stereocenters. The average Bonchev–Trinajstić information content (AvgIpc) is 2.79. The quantitative estimate of drug-likeness (QED) is 0.613. The van der Waals surface area contributed by atoms with Gasteiger partial charge in [0.05, 0.1) is 6.61 Å². The van der Waals surface area contributed by atoms with Crippen molar-refractivity contribution in [3.63, 3.8) is 0 Å². The minimum absolute atomic E-state index is 0.0247. The third kappa shape index (κ3) is 3.40. The predicted octanol–water partition coefficient (Wildman–Crippen LogP) is 1.23. The molecule has 2 rings (SSSR count). The Morgan fingerprint density at radius 2 is 2.25 bits per heavy atom. The standard InChI is InChI=1S/C15H21N3O2/c1-4-9-20-11-13-5-7-18(8-6-13)15(19)14-10-12(2)17(3)16-14/h1,10,13H,5-9,11H2,2-3H3. The number of ether oxygens (including phenoxy) is 1. The highest BCUT2D eigenvalue weighted by Gasteiger charge is 2.25. The van der Waals surface area contributed by atoms with Crippen LogP contribution >= 0.6 is 0 Å². The number of amides is 1.